The lowest BCUT2D eigenvalue weighted by Gasteiger charge is -2.31. The lowest BCUT2D eigenvalue weighted by Crippen LogP contribution is -2.30. The van der Waals surface area contributed by atoms with Crippen molar-refractivity contribution in [3.8, 4) is 5.75 Å². The SMILES string of the molecule is C=C(/C=C(\C)[C@@](C)(CCC=C(C)C)OCc1ccc(OC)cc1)CCCCCC. The smallest absolute Gasteiger partial charge is 0.118 e. The Kier molecular flexibility index (Phi) is 11.7. The van der Waals surface area contributed by atoms with Crippen molar-refractivity contribution in [1.82, 2.24) is 0 Å². The van der Waals surface area contributed by atoms with Gasteiger partial charge < -0.3 is 9.47 Å². The first-order valence-electron chi connectivity index (χ1n) is 11.1. The van der Waals surface area contributed by atoms with E-state index < -0.39 is 0 Å². The molecule has 0 saturated carbocycles. The number of hydrogen-bond donors (Lipinski definition) is 0. The normalized spacial score (nSPS) is 13.7. The number of benzene rings is 1. The highest BCUT2D eigenvalue weighted by molar-refractivity contribution is 5.28. The Morgan fingerprint density at radius 2 is 1.76 bits per heavy atom. The number of hydrogen-bond acceptors (Lipinski definition) is 2. The Labute approximate surface area is 179 Å². The van der Waals surface area contributed by atoms with E-state index in [4.69, 9.17) is 9.47 Å². The molecule has 0 aromatic heterocycles. The van der Waals surface area contributed by atoms with Crippen LogP contribution >= 0.6 is 0 Å². The van der Waals surface area contributed by atoms with Crippen molar-refractivity contribution in [3.63, 3.8) is 0 Å². The second-order valence-corrected chi connectivity index (χ2v) is 8.48. The summed E-state index contributed by atoms with van der Waals surface area (Å²) in [6.07, 6.45) is 12.7. The average molecular weight is 399 g/mol. The van der Waals surface area contributed by atoms with E-state index in [0.29, 0.717) is 6.61 Å². The molecule has 0 spiro atoms. The summed E-state index contributed by atoms with van der Waals surface area (Å²) >= 11 is 0. The molecule has 0 N–H and O–H groups in total. The highest BCUT2D eigenvalue weighted by atomic mass is 16.5. The summed E-state index contributed by atoms with van der Waals surface area (Å²) in [5.41, 5.74) is 4.67. The molecule has 0 radical (unpaired) electrons. The summed E-state index contributed by atoms with van der Waals surface area (Å²) in [6, 6.07) is 8.11. The van der Waals surface area contributed by atoms with Gasteiger partial charge in [-0.1, -0.05) is 68.2 Å². The predicted molar refractivity (Wildman–Crippen MR) is 127 cm³/mol. The molecule has 1 atom stereocenters. The van der Waals surface area contributed by atoms with Gasteiger partial charge in [-0.2, -0.15) is 0 Å². The molecule has 0 bridgehead atoms. The van der Waals surface area contributed by atoms with Crippen molar-refractivity contribution in [2.75, 3.05) is 7.11 Å². The first-order chi connectivity index (χ1) is 13.8. The van der Waals surface area contributed by atoms with Crippen LogP contribution < -0.4 is 4.74 Å². The second kappa shape index (κ2) is 13.4. The molecule has 0 fully saturated rings. The molecule has 29 heavy (non-hydrogen) atoms. The minimum absolute atomic E-state index is 0.307. The van der Waals surface area contributed by atoms with Gasteiger partial charge in [0.1, 0.15) is 5.75 Å². The molecule has 0 unspecified atom stereocenters. The van der Waals surface area contributed by atoms with Gasteiger partial charge in [-0.3, -0.25) is 0 Å². The van der Waals surface area contributed by atoms with E-state index in [9.17, 15) is 0 Å². The third-order valence-electron chi connectivity index (χ3n) is 5.50. The molecule has 0 aliphatic carbocycles. The monoisotopic (exact) mass is 398 g/mol. The highest BCUT2D eigenvalue weighted by Gasteiger charge is 2.26. The first-order valence-corrected chi connectivity index (χ1v) is 11.1. The summed E-state index contributed by atoms with van der Waals surface area (Å²) in [5, 5.41) is 0. The molecule has 1 aromatic rings. The van der Waals surface area contributed by atoms with Crippen LogP contribution in [0.4, 0.5) is 0 Å². The Morgan fingerprint density at radius 3 is 2.34 bits per heavy atom. The zero-order chi connectivity index (χ0) is 21.7. The van der Waals surface area contributed by atoms with E-state index in [1.54, 1.807) is 7.11 Å². The molecule has 162 valence electrons. The van der Waals surface area contributed by atoms with Crippen molar-refractivity contribution in [2.24, 2.45) is 0 Å². The van der Waals surface area contributed by atoms with Gasteiger partial charge in [0.2, 0.25) is 0 Å². The van der Waals surface area contributed by atoms with Gasteiger partial charge in [0.25, 0.3) is 0 Å². The van der Waals surface area contributed by atoms with Gasteiger partial charge in [0.15, 0.2) is 0 Å². The number of rotatable bonds is 14. The van der Waals surface area contributed by atoms with E-state index in [2.05, 4.69) is 65.5 Å². The lowest BCUT2D eigenvalue weighted by atomic mass is 9.89. The second-order valence-electron chi connectivity index (χ2n) is 8.48. The maximum Gasteiger partial charge on any atom is 0.118 e. The lowest BCUT2D eigenvalue weighted by molar-refractivity contribution is -0.0207. The van der Waals surface area contributed by atoms with E-state index in [0.717, 1.165) is 30.6 Å². The molecule has 1 rings (SSSR count). The maximum absolute atomic E-state index is 6.50. The number of unbranched alkanes of at least 4 members (excludes halogenated alkanes) is 3. The fraction of sp³-hybridized carbons (Fsp3) is 0.556. The quantitative estimate of drug-likeness (QED) is 0.179. The molecular weight excluding hydrogens is 356 g/mol. The summed E-state index contributed by atoms with van der Waals surface area (Å²) in [4.78, 5) is 0. The zero-order valence-electron chi connectivity index (χ0n) is 19.6. The molecule has 0 amide bonds. The van der Waals surface area contributed by atoms with Gasteiger partial charge in [-0.15, -0.1) is 0 Å². The van der Waals surface area contributed by atoms with Gasteiger partial charge in [-0.25, -0.2) is 0 Å². The molecule has 0 aliphatic heterocycles. The van der Waals surface area contributed by atoms with Crippen LogP contribution in [0, 0.1) is 0 Å². The Hall–Kier alpha value is -1.80. The number of ether oxygens (including phenoxy) is 2. The molecule has 0 aliphatic rings. The van der Waals surface area contributed by atoms with Gasteiger partial charge >= 0.3 is 0 Å². The molecule has 2 nitrogen and oxygen atoms in total. The van der Waals surface area contributed by atoms with Crippen molar-refractivity contribution in [2.45, 2.75) is 91.8 Å². The predicted octanol–water partition coefficient (Wildman–Crippen LogP) is 8.19. The minimum Gasteiger partial charge on any atom is -0.497 e. The highest BCUT2D eigenvalue weighted by Crippen LogP contribution is 2.30. The van der Waals surface area contributed by atoms with Crippen LogP contribution in [-0.2, 0) is 11.3 Å². The number of methoxy groups -OCH3 is 1. The van der Waals surface area contributed by atoms with Gasteiger partial charge in [-0.05, 0) is 76.6 Å². The summed E-state index contributed by atoms with van der Waals surface area (Å²) in [5.74, 6) is 0.871. The zero-order valence-corrected chi connectivity index (χ0v) is 19.6. The van der Waals surface area contributed by atoms with Crippen molar-refractivity contribution in [1.29, 1.82) is 0 Å². The van der Waals surface area contributed by atoms with Crippen molar-refractivity contribution < 1.29 is 9.47 Å². The standard InChI is InChI=1S/C27H42O2/c1-8-9-10-11-14-23(4)20-24(5)27(6,19-12-13-22(2)3)29-21-25-15-17-26(28-7)18-16-25/h13,15-18,20H,4,8-12,14,19,21H2,1-3,5-7H3/b24-20+/t27-/m1/s1. The first kappa shape index (κ1) is 25.2. The van der Waals surface area contributed by atoms with Crippen molar-refractivity contribution in [3.05, 3.63) is 65.3 Å². The van der Waals surface area contributed by atoms with Crippen LogP contribution in [0.15, 0.2) is 59.7 Å². The third-order valence-corrected chi connectivity index (χ3v) is 5.50. The van der Waals surface area contributed by atoms with Crippen molar-refractivity contribution >= 4 is 0 Å². The Morgan fingerprint density at radius 1 is 1.07 bits per heavy atom. The van der Waals surface area contributed by atoms with E-state index >= 15 is 0 Å². The third kappa shape index (κ3) is 9.99. The fourth-order valence-electron chi connectivity index (χ4n) is 3.29. The van der Waals surface area contributed by atoms with Crippen LogP contribution in [0.1, 0.15) is 85.1 Å². The van der Waals surface area contributed by atoms with E-state index in [1.807, 2.05) is 12.1 Å². The van der Waals surface area contributed by atoms with E-state index in [1.165, 1.54) is 42.4 Å². The summed E-state index contributed by atoms with van der Waals surface area (Å²) in [6.45, 7) is 15.8. The average Bonchev–Trinajstić information content (AvgIpc) is 2.69. The van der Waals surface area contributed by atoms with Crippen LogP contribution in [0.5, 0.6) is 5.75 Å². The van der Waals surface area contributed by atoms with Gasteiger partial charge in [0, 0.05) is 0 Å². The largest absolute Gasteiger partial charge is 0.497 e. The molecule has 0 saturated heterocycles. The topological polar surface area (TPSA) is 18.5 Å². The molecule has 0 heterocycles. The Balaban J connectivity index is 2.83. The summed E-state index contributed by atoms with van der Waals surface area (Å²) in [7, 11) is 1.69. The van der Waals surface area contributed by atoms with Crippen LogP contribution in [0.2, 0.25) is 0 Å². The van der Waals surface area contributed by atoms with Gasteiger partial charge in [0.05, 0.1) is 19.3 Å². The fourth-order valence-corrected chi connectivity index (χ4v) is 3.29. The number of allylic oxidation sites excluding steroid dienone is 4. The molecule has 2 heteroatoms. The van der Waals surface area contributed by atoms with Crippen LogP contribution in [-0.4, -0.2) is 12.7 Å². The van der Waals surface area contributed by atoms with E-state index in [-0.39, 0.29) is 5.60 Å². The summed E-state index contributed by atoms with van der Waals surface area (Å²) < 4.78 is 11.8. The minimum atomic E-state index is -0.307. The Bertz CT molecular complexity index is 662. The van der Waals surface area contributed by atoms with Crippen LogP contribution in [0.25, 0.3) is 0 Å². The molecular formula is C27H42O2. The van der Waals surface area contributed by atoms with Crippen LogP contribution in [0.3, 0.4) is 0 Å². The molecule has 1 aromatic carbocycles. The maximum atomic E-state index is 6.50.